The number of hydrogen-bond acceptors (Lipinski definition) is 4. The van der Waals surface area contributed by atoms with Gasteiger partial charge in [0.15, 0.2) is 5.11 Å². The van der Waals surface area contributed by atoms with Crippen LogP contribution in [0.25, 0.3) is 0 Å². The molecular weight excluding hydrogens is 410 g/mol. The van der Waals surface area contributed by atoms with Crippen LogP contribution in [0.15, 0.2) is 42.5 Å². The number of aliphatic hydroxyl groups is 1. The molecule has 1 amide bonds. The van der Waals surface area contributed by atoms with E-state index >= 15 is 0 Å². The van der Waals surface area contributed by atoms with Gasteiger partial charge in [-0.1, -0.05) is 18.2 Å². The zero-order valence-electron chi connectivity index (χ0n) is 18.1. The summed E-state index contributed by atoms with van der Waals surface area (Å²) in [5, 5.41) is 18.9. The fourth-order valence-corrected chi connectivity index (χ4v) is 4.06. The Morgan fingerprint density at radius 3 is 2.61 bits per heavy atom. The summed E-state index contributed by atoms with van der Waals surface area (Å²) in [4.78, 5) is 12.3. The van der Waals surface area contributed by atoms with Crippen LogP contribution >= 0.6 is 12.2 Å². The van der Waals surface area contributed by atoms with E-state index in [1.165, 1.54) is 5.56 Å². The maximum atomic E-state index is 12.3. The summed E-state index contributed by atoms with van der Waals surface area (Å²) in [5.74, 6) is 0.507. The van der Waals surface area contributed by atoms with Gasteiger partial charge in [-0.3, -0.25) is 4.79 Å². The number of carbonyl (C=O) groups is 1. The second-order valence-electron chi connectivity index (χ2n) is 8.02. The summed E-state index contributed by atoms with van der Waals surface area (Å²) in [5.41, 5.74) is 3.64. The summed E-state index contributed by atoms with van der Waals surface area (Å²) in [6, 6.07) is 14.0. The quantitative estimate of drug-likeness (QED) is 0.491. The molecule has 2 aromatic rings. The van der Waals surface area contributed by atoms with Crippen molar-refractivity contribution in [2.75, 3.05) is 18.5 Å². The van der Waals surface area contributed by atoms with Crippen LogP contribution in [0.1, 0.15) is 47.2 Å². The lowest BCUT2D eigenvalue weighted by Crippen LogP contribution is -2.41. The zero-order valence-corrected chi connectivity index (χ0v) is 18.9. The van der Waals surface area contributed by atoms with Crippen molar-refractivity contribution < 1.29 is 14.6 Å². The highest BCUT2D eigenvalue weighted by Gasteiger charge is 2.23. The van der Waals surface area contributed by atoms with E-state index in [4.69, 9.17) is 22.1 Å². The molecule has 0 spiro atoms. The third-order valence-electron chi connectivity index (χ3n) is 5.44. The van der Waals surface area contributed by atoms with Gasteiger partial charge in [0.25, 0.3) is 5.91 Å². The van der Waals surface area contributed by atoms with Crippen LogP contribution in [0.2, 0.25) is 0 Å². The smallest absolute Gasteiger partial charge is 0.251 e. The molecule has 4 N–H and O–H groups in total. The average Bonchev–Trinajstić information content (AvgIpc) is 2.74. The van der Waals surface area contributed by atoms with Crippen molar-refractivity contribution in [3.8, 4) is 5.75 Å². The van der Waals surface area contributed by atoms with Gasteiger partial charge in [0, 0.05) is 23.8 Å². The van der Waals surface area contributed by atoms with Gasteiger partial charge in [-0.2, -0.15) is 0 Å². The van der Waals surface area contributed by atoms with Gasteiger partial charge in [0.05, 0.1) is 12.7 Å². The highest BCUT2D eigenvalue weighted by Crippen LogP contribution is 2.26. The molecule has 31 heavy (non-hydrogen) atoms. The molecule has 1 aliphatic carbocycles. The Bertz CT molecular complexity index is 911. The van der Waals surface area contributed by atoms with Crippen molar-refractivity contribution in [1.29, 1.82) is 0 Å². The van der Waals surface area contributed by atoms with E-state index in [9.17, 15) is 4.79 Å². The first-order valence-electron chi connectivity index (χ1n) is 10.7. The lowest BCUT2D eigenvalue weighted by Gasteiger charge is -2.30. The monoisotopic (exact) mass is 441 g/mol. The molecule has 0 aromatic heterocycles. The molecule has 1 saturated carbocycles. The van der Waals surface area contributed by atoms with Crippen molar-refractivity contribution in [2.24, 2.45) is 0 Å². The van der Waals surface area contributed by atoms with Crippen LogP contribution in [0, 0.1) is 13.8 Å². The van der Waals surface area contributed by atoms with Gasteiger partial charge in [-0.05, 0) is 87.1 Å². The van der Waals surface area contributed by atoms with E-state index in [1.807, 2.05) is 31.2 Å². The molecule has 1 fully saturated rings. The number of anilines is 1. The molecule has 166 valence electrons. The Balaban J connectivity index is 1.47. The van der Waals surface area contributed by atoms with Gasteiger partial charge in [0.1, 0.15) is 5.75 Å². The van der Waals surface area contributed by atoms with Gasteiger partial charge in [-0.25, -0.2) is 0 Å². The minimum absolute atomic E-state index is 0.0812. The first-order valence-corrected chi connectivity index (χ1v) is 11.2. The molecule has 6 nitrogen and oxygen atoms in total. The summed E-state index contributed by atoms with van der Waals surface area (Å²) >= 11 is 5.47. The van der Waals surface area contributed by atoms with E-state index in [-0.39, 0.29) is 25.2 Å². The fourth-order valence-electron chi connectivity index (χ4n) is 3.78. The molecule has 7 heteroatoms. The van der Waals surface area contributed by atoms with Crippen molar-refractivity contribution in [1.82, 2.24) is 10.6 Å². The van der Waals surface area contributed by atoms with E-state index in [0.717, 1.165) is 36.9 Å². The first-order chi connectivity index (χ1) is 14.9. The van der Waals surface area contributed by atoms with Crippen molar-refractivity contribution in [2.45, 2.75) is 51.7 Å². The Labute approximate surface area is 189 Å². The molecule has 0 radical (unpaired) electrons. The van der Waals surface area contributed by atoms with Gasteiger partial charge in [0.2, 0.25) is 0 Å². The summed E-state index contributed by atoms with van der Waals surface area (Å²) in [6.45, 7) is 4.10. The Hall–Kier alpha value is -2.64. The van der Waals surface area contributed by atoms with E-state index in [2.05, 4.69) is 35.0 Å². The molecular formula is C24H31N3O3S. The van der Waals surface area contributed by atoms with Crippen LogP contribution < -0.4 is 20.7 Å². The van der Waals surface area contributed by atoms with Gasteiger partial charge < -0.3 is 25.8 Å². The van der Waals surface area contributed by atoms with Gasteiger partial charge >= 0.3 is 0 Å². The molecule has 0 saturated heterocycles. The number of nitrogens with one attached hydrogen (secondary N) is 3. The van der Waals surface area contributed by atoms with Crippen LogP contribution in [0.4, 0.5) is 5.69 Å². The molecule has 2 aromatic carbocycles. The predicted octanol–water partition coefficient (Wildman–Crippen LogP) is 3.70. The van der Waals surface area contributed by atoms with Gasteiger partial charge in [-0.15, -0.1) is 0 Å². The summed E-state index contributed by atoms with van der Waals surface area (Å²) < 4.78 is 6.16. The largest absolute Gasteiger partial charge is 0.490 e. The second kappa shape index (κ2) is 11.1. The third kappa shape index (κ3) is 6.94. The Morgan fingerprint density at radius 1 is 1.13 bits per heavy atom. The van der Waals surface area contributed by atoms with Crippen molar-refractivity contribution >= 4 is 28.9 Å². The van der Waals surface area contributed by atoms with Crippen molar-refractivity contribution in [3.63, 3.8) is 0 Å². The SMILES string of the molecule is Cc1cccc(NC(=S)NC2CCC(Oc3ccc(C)c(C(=O)NCCO)c3)CC2)c1. The van der Waals surface area contributed by atoms with Crippen molar-refractivity contribution in [3.05, 3.63) is 59.2 Å². The van der Waals surface area contributed by atoms with E-state index in [1.54, 1.807) is 6.07 Å². The molecule has 0 unspecified atom stereocenters. The predicted molar refractivity (Wildman–Crippen MR) is 128 cm³/mol. The lowest BCUT2D eigenvalue weighted by molar-refractivity contribution is 0.0942. The standard InChI is InChI=1S/C24H31N3O3S/c1-16-4-3-5-19(14-16)27-24(31)26-18-7-10-20(11-8-18)30-21-9-6-17(2)22(15-21)23(29)25-12-13-28/h3-6,9,14-15,18,20,28H,7-8,10-13H2,1-2H3,(H,25,29)(H2,26,27,31). The number of rotatable bonds is 7. The average molecular weight is 442 g/mol. The lowest BCUT2D eigenvalue weighted by atomic mass is 9.93. The maximum Gasteiger partial charge on any atom is 0.251 e. The number of hydrogen-bond donors (Lipinski definition) is 4. The summed E-state index contributed by atoms with van der Waals surface area (Å²) in [6.07, 6.45) is 3.90. The minimum atomic E-state index is -0.195. The van der Waals surface area contributed by atoms with E-state index in [0.29, 0.717) is 22.5 Å². The highest BCUT2D eigenvalue weighted by molar-refractivity contribution is 7.80. The normalized spacial score (nSPS) is 18.2. The molecule has 3 rings (SSSR count). The molecule has 0 heterocycles. The maximum absolute atomic E-state index is 12.3. The highest BCUT2D eigenvalue weighted by atomic mass is 32.1. The van der Waals surface area contributed by atoms with Crippen LogP contribution in [0.5, 0.6) is 5.75 Å². The fraction of sp³-hybridized carbons (Fsp3) is 0.417. The van der Waals surface area contributed by atoms with Crippen LogP contribution in [0.3, 0.4) is 0 Å². The van der Waals surface area contributed by atoms with Crippen LogP contribution in [-0.2, 0) is 0 Å². The number of aliphatic hydroxyl groups excluding tert-OH is 1. The number of aryl methyl sites for hydroxylation is 2. The molecule has 0 bridgehead atoms. The number of thiocarbonyl (C=S) groups is 1. The Morgan fingerprint density at radius 2 is 1.90 bits per heavy atom. The third-order valence-corrected chi connectivity index (χ3v) is 5.66. The molecule has 0 aliphatic heterocycles. The first kappa shape index (κ1) is 23.0. The molecule has 1 aliphatic rings. The Kier molecular flexibility index (Phi) is 8.26. The van der Waals surface area contributed by atoms with E-state index < -0.39 is 0 Å². The summed E-state index contributed by atoms with van der Waals surface area (Å²) in [7, 11) is 0. The number of amides is 1. The number of ether oxygens (including phenoxy) is 1. The zero-order chi connectivity index (χ0) is 22.2. The topological polar surface area (TPSA) is 82.6 Å². The number of benzene rings is 2. The minimum Gasteiger partial charge on any atom is -0.490 e. The number of carbonyl (C=O) groups excluding carboxylic acids is 1. The molecule has 0 atom stereocenters. The second-order valence-corrected chi connectivity index (χ2v) is 8.42. The van der Waals surface area contributed by atoms with Crippen LogP contribution in [-0.4, -0.2) is 41.4 Å².